The van der Waals surface area contributed by atoms with Crippen LogP contribution in [0.5, 0.6) is 0 Å². The monoisotopic (exact) mass is 290 g/mol. The lowest BCUT2D eigenvalue weighted by Gasteiger charge is -2.53. The van der Waals surface area contributed by atoms with E-state index in [0.29, 0.717) is 11.6 Å². The molecule has 1 unspecified atom stereocenters. The molecule has 0 bridgehead atoms. The summed E-state index contributed by atoms with van der Waals surface area (Å²) in [5.41, 5.74) is 1.59. The highest BCUT2D eigenvalue weighted by atomic mass is 19.1. The third-order valence-electron chi connectivity index (χ3n) is 5.39. The van der Waals surface area contributed by atoms with Gasteiger partial charge in [0.05, 0.1) is 0 Å². The van der Waals surface area contributed by atoms with Crippen LogP contribution in [-0.2, 0) is 0 Å². The molecule has 1 N–H and O–H groups in total. The highest BCUT2D eigenvalue weighted by molar-refractivity contribution is 5.21. The van der Waals surface area contributed by atoms with Gasteiger partial charge in [0, 0.05) is 31.2 Å². The summed E-state index contributed by atoms with van der Waals surface area (Å²) in [7, 11) is 0. The quantitative estimate of drug-likeness (QED) is 0.908. The van der Waals surface area contributed by atoms with Crippen LogP contribution in [0.15, 0.2) is 24.3 Å². The highest BCUT2D eigenvalue weighted by Crippen LogP contribution is 2.40. The minimum Gasteiger partial charge on any atom is -0.314 e. The zero-order valence-corrected chi connectivity index (χ0v) is 13.1. The van der Waals surface area contributed by atoms with Crippen LogP contribution in [0.2, 0.25) is 0 Å². The van der Waals surface area contributed by atoms with Crippen molar-refractivity contribution in [3.8, 4) is 0 Å². The maximum absolute atomic E-state index is 13.2. The summed E-state index contributed by atoms with van der Waals surface area (Å²) in [5, 5.41) is 3.61. The number of nitrogens with one attached hydrogen (secondary N) is 1. The molecule has 1 aromatic carbocycles. The number of benzene rings is 1. The number of hydrogen-bond donors (Lipinski definition) is 1. The summed E-state index contributed by atoms with van der Waals surface area (Å²) in [4.78, 5) is 2.73. The number of hydrogen-bond acceptors (Lipinski definition) is 2. The lowest BCUT2D eigenvalue weighted by Crippen LogP contribution is -2.62. The molecule has 2 aliphatic rings. The van der Waals surface area contributed by atoms with E-state index in [4.69, 9.17) is 0 Å². The fraction of sp³-hybridized carbons (Fsp3) is 0.667. The maximum atomic E-state index is 13.2. The Bertz CT molecular complexity index is 443. The van der Waals surface area contributed by atoms with Gasteiger partial charge in [-0.15, -0.1) is 0 Å². The molecule has 3 rings (SSSR count). The lowest BCUT2D eigenvalue weighted by molar-refractivity contribution is -0.00978. The molecule has 1 heterocycles. The molecule has 2 fully saturated rings. The molecular weight excluding hydrogens is 263 g/mol. The highest BCUT2D eigenvalue weighted by Gasteiger charge is 2.42. The second-order valence-electron chi connectivity index (χ2n) is 6.63. The third kappa shape index (κ3) is 3.00. The summed E-state index contributed by atoms with van der Waals surface area (Å²) in [6.07, 6.45) is 7.77. The largest absolute Gasteiger partial charge is 0.314 e. The number of halogens is 1. The smallest absolute Gasteiger partial charge is 0.123 e. The van der Waals surface area contributed by atoms with Gasteiger partial charge in [0.2, 0.25) is 0 Å². The van der Waals surface area contributed by atoms with Crippen molar-refractivity contribution in [2.75, 3.05) is 19.6 Å². The minimum absolute atomic E-state index is 0.138. The van der Waals surface area contributed by atoms with E-state index in [1.54, 1.807) is 12.1 Å². The lowest BCUT2D eigenvalue weighted by atomic mass is 9.77. The molecule has 0 radical (unpaired) electrons. The van der Waals surface area contributed by atoms with E-state index < -0.39 is 0 Å². The van der Waals surface area contributed by atoms with Crippen molar-refractivity contribution in [2.24, 2.45) is 0 Å². The molecule has 1 aliphatic heterocycles. The van der Waals surface area contributed by atoms with Crippen LogP contribution in [0.25, 0.3) is 0 Å². The Hall–Kier alpha value is -0.930. The van der Waals surface area contributed by atoms with E-state index in [0.717, 1.165) is 26.1 Å². The van der Waals surface area contributed by atoms with Gasteiger partial charge < -0.3 is 5.32 Å². The predicted octanol–water partition coefficient (Wildman–Crippen LogP) is 3.88. The second-order valence-corrected chi connectivity index (χ2v) is 6.63. The van der Waals surface area contributed by atoms with Gasteiger partial charge in [-0.2, -0.15) is 0 Å². The molecule has 1 aromatic rings. The van der Waals surface area contributed by atoms with Crippen molar-refractivity contribution < 1.29 is 4.39 Å². The van der Waals surface area contributed by atoms with Crippen LogP contribution >= 0.6 is 0 Å². The Balaban J connectivity index is 1.88. The normalized spacial score (nSPS) is 24.1. The van der Waals surface area contributed by atoms with Crippen molar-refractivity contribution in [1.82, 2.24) is 10.2 Å². The Morgan fingerprint density at radius 1 is 1.19 bits per heavy atom. The average molecular weight is 290 g/mol. The van der Waals surface area contributed by atoms with Gasteiger partial charge in [0.15, 0.2) is 0 Å². The van der Waals surface area contributed by atoms with E-state index >= 15 is 0 Å². The van der Waals surface area contributed by atoms with Gasteiger partial charge in [0.25, 0.3) is 0 Å². The van der Waals surface area contributed by atoms with Crippen LogP contribution in [0.1, 0.15) is 57.1 Å². The molecule has 1 aliphatic carbocycles. The second kappa shape index (κ2) is 6.45. The topological polar surface area (TPSA) is 15.3 Å². The zero-order valence-electron chi connectivity index (χ0n) is 13.1. The Labute approximate surface area is 127 Å². The van der Waals surface area contributed by atoms with Crippen molar-refractivity contribution in [3.05, 3.63) is 35.6 Å². The fourth-order valence-corrected chi connectivity index (χ4v) is 4.34. The molecule has 1 spiro atoms. The Morgan fingerprint density at radius 3 is 2.57 bits per heavy atom. The van der Waals surface area contributed by atoms with Gasteiger partial charge in [0.1, 0.15) is 5.82 Å². The molecular formula is C18H27FN2. The van der Waals surface area contributed by atoms with Crippen LogP contribution in [0.3, 0.4) is 0 Å². The SMILES string of the molecule is CCC(c1ccc(F)cc1)N1CCNCC12CCCCC2. The van der Waals surface area contributed by atoms with Gasteiger partial charge >= 0.3 is 0 Å². The molecule has 2 nitrogen and oxygen atoms in total. The molecule has 1 atom stereocenters. The van der Waals surface area contributed by atoms with Crippen LogP contribution in [-0.4, -0.2) is 30.1 Å². The van der Waals surface area contributed by atoms with Crippen molar-refractivity contribution in [2.45, 2.75) is 57.0 Å². The summed E-state index contributed by atoms with van der Waals surface area (Å²) in [5.74, 6) is -0.138. The summed E-state index contributed by atoms with van der Waals surface area (Å²) < 4.78 is 13.2. The first-order valence-corrected chi connectivity index (χ1v) is 8.48. The van der Waals surface area contributed by atoms with Gasteiger partial charge in [-0.1, -0.05) is 38.3 Å². The maximum Gasteiger partial charge on any atom is 0.123 e. The number of rotatable bonds is 3. The minimum atomic E-state index is -0.138. The predicted molar refractivity (Wildman–Crippen MR) is 84.8 cm³/mol. The van der Waals surface area contributed by atoms with Crippen molar-refractivity contribution in [3.63, 3.8) is 0 Å². The molecule has 0 amide bonds. The first-order chi connectivity index (χ1) is 10.2. The number of nitrogens with zero attached hydrogens (tertiary/aromatic N) is 1. The molecule has 0 aromatic heterocycles. The van der Waals surface area contributed by atoms with E-state index in [1.165, 1.54) is 37.7 Å². The fourth-order valence-electron chi connectivity index (χ4n) is 4.34. The summed E-state index contributed by atoms with van der Waals surface area (Å²) in [6.45, 7) is 5.55. The molecule has 1 saturated carbocycles. The first-order valence-electron chi connectivity index (χ1n) is 8.48. The first kappa shape index (κ1) is 15.0. The number of piperazine rings is 1. The molecule has 3 heteroatoms. The average Bonchev–Trinajstić information content (AvgIpc) is 2.52. The van der Waals surface area contributed by atoms with Crippen molar-refractivity contribution >= 4 is 0 Å². The van der Waals surface area contributed by atoms with Gasteiger partial charge in [-0.3, -0.25) is 4.90 Å². The Kier molecular flexibility index (Phi) is 4.60. The van der Waals surface area contributed by atoms with Gasteiger partial charge in [-0.05, 0) is 37.0 Å². The van der Waals surface area contributed by atoms with E-state index in [9.17, 15) is 4.39 Å². The third-order valence-corrected chi connectivity index (χ3v) is 5.39. The van der Waals surface area contributed by atoms with E-state index in [2.05, 4.69) is 17.1 Å². The van der Waals surface area contributed by atoms with Crippen LogP contribution in [0, 0.1) is 5.82 Å². The van der Waals surface area contributed by atoms with E-state index in [-0.39, 0.29) is 5.82 Å². The summed E-state index contributed by atoms with van der Waals surface area (Å²) >= 11 is 0. The molecule has 21 heavy (non-hydrogen) atoms. The van der Waals surface area contributed by atoms with Crippen molar-refractivity contribution in [1.29, 1.82) is 0 Å². The molecule has 1 saturated heterocycles. The van der Waals surface area contributed by atoms with Crippen LogP contribution < -0.4 is 5.32 Å². The van der Waals surface area contributed by atoms with E-state index in [1.807, 2.05) is 12.1 Å². The zero-order chi connectivity index (χ0) is 14.7. The standard InChI is InChI=1S/C18H27FN2/c1-2-17(15-6-8-16(19)9-7-15)21-13-12-20-14-18(21)10-4-3-5-11-18/h6-9,17,20H,2-5,10-14H2,1H3. The van der Waals surface area contributed by atoms with Gasteiger partial charge in [-0.25, -0.2) is 4.39 Å². The summed E-state index contributed by atoms with van der Waals surface area (Å²) in [6, 6.07) is 7.58. The Morgan fingerprint density at radius 2 is 1.90 bits per heavy atom. The molecule has 116 valence electrons. The van der Waals surface area contributed by atoms with Crippen LogP contribution in [0.4, 0.5) is 4.39 Å².